The van der Waals surface area contributed by atoms with Gasteiger partial charge in [0.15, 0.2) is 5.78 Å². The van der Waals surface area contributed by atoms with Crippen LogP contribution in [0.25, 0.3) is 22.2 Å². The molecule has 0 bridgehead atoms. The first-order valence-corrected chi connectivity index (χ1v) is 9.62. The number of carbonyl (C=O) groups excluding carboxylic acids is 1. The predicted molar refractivity (Wildman–Crippen MR) is 127 cm³/mol. The number of ketones is 1. The molecule has 0 aliphatic rings. The SMILES string of the molecule is S.[2H]c1nc(C)nc([2H])c1-c1cc(NC[C@@H](C)c2cccc3c(C(C)=O)ccnc23)ncn1. The fourth-order valence-electron chi connectivity index (χ4n) is 3.30. The highest BCUT2D eigenvalue weighted by Gasteiger charge is 2.14. The molecule has 4 rings (SSSR count). The number of nitrogens with one attached hydrogen (secondary N) is 1. The standard InChI is InChI=1S/C23H22N6O.H2S/c1-14(18-5-4-6-20-19(15(2)30)7-8-24-23(18)20)10-27-22-9-21(28-13-29-22)17-11-25-16(3)26-12-17;/h4-9,11-14H,10H2,1-3H3,(H,27,28,29);1H2/t14-;/m1./s1/i11D,12D;. The lowest BCUT2D eigenvalue weighted by Gasteiger charge is -2.16. The van der Waals surface area contributed by atoms with E-state index in [1.54, 1.807) is 32.2 Å². The predicted octanol–water partition coefficient (Wildman–Crippen LogP) is 4.32. The van der Waals surface area contributed by atoms with E-state index >= 15 is 0 Å². The number of carbonyl (C=O) groups is 1. The largest absolute Gasteiger partial charge is 0.369 e. The number of fused-ring (bicyclic) bond motifs is 1. The van der Waals surface area contributed by atoms with Crippen molar-refractivity contribution in [3.63, 3.8) is 0 Å². The molecular formula is C23H24N6OS. The summed E-state index contributed by atoms with van der Waals surface area (Å²) in [4.78, 5) is 33.0. The number of rotatable bonds is 6. The molecule has 0 spiro atoms. The van der Waals surface area contributed by atoms with Gasteiger partial charge in [0.25, 0.3) is 0 Å². The van der Waals surface area contributed by atoms with Crippen molar-refractivity contribution in [2.75, 3.05) is 11.9 Å². The van der Waals surface area contributed by atoms with E-state index in [1.807, 2.05) is 18.2 Å². The van der Waals surface area contributed by atoms with Crippen molar-refractivity contribution >= 4 is 36.0 Å². The molecule has 4 aromatic rings. The Kier molecular flexibility index (Phi) is 6.07. The van der Waals surface area contributed by atoms with Gasteiger partial charge in [0.05, 0.1) is 14.0 Å². The maximum atomic E-state index is 12.0. The summed E-state index contributed by atoms with van der Waals surface area (Å²) >= 11 is 0. The third-order valence-electron chi connectivity index (χ3n) is 4.88. The summed E-state index contributed by atoms with van der Waals surface area (Å²) < 4.78 is 16.2. The molecule has 0 radical (unpaired) electrons. The van der Waals surface area contributed by atoms with Crippen molar-refractivity contribution < 1.29 is 7.54 Å². The number of pyridine rings is 1. The summed E-state index contributed by atoms with van der Waals surface area (Å²) in [6, 6.07) is 9.30. The molecule has 1 N–H and O–H groups in total. The normalized spacial score (nSPS) is 12.5. The van der Waals surface area contributed by atoms with E-state index in [0.29, 0.717) is 29.4 Å². The maximum Gasteiger partial charge on any atom is 0.160 e. The summed E-state index contributed by atoms with van der Waals surface area (Å²) in [5.74, 6) is 1.03. The Bertz CT molecular complexity index is 1310. The van der Waals surface area contributed by atoms with Crippen molar-refractivity contribution in [1.82, 2.24) is 24.9 Å². The van der Waals surface area contributed by atoms with Crippen LogP contribution >= 0.6 is 13.5 Å². The summed E-state index contributed by atoms with van der Waals surface area (Å²) in [6.07, 6.45) is 2.98. The number of Topliss-reactive ketones (excluding diaryl/α,β-unsaturated/α-hetero) is 1. The summed E-state index contributed by atoms with van der Waals surface area (Å²) in [5.41, 5.74) is 3.19. The minimum absolute atomic E-state index is 0. The lowest BCUT2D eigenvalue weighted by atomic mass is 9.95. The van der Waals surface area contributed by atoms with Crippen LogP contribution in [0.5, 0.6) is 0 Å². The minimum atomic E-state index is -0.0383. The quantitative estimate of drug-likeness (QED) is 0.452. The Morgan fingerprint density at radius 2 is 1.90 bits per heavy atom. The number of benzene rings is 1. The molecule has 0 aliphatic heterocycles. The molecular weight excluding hydrogens is 408 g/mol. The van der Waals surface area contributed by atoms with E-state index in [2.05, 4.69) is 37.2 Å². The highest BCUT2D eigenvalue weighted by molar-refractivity contribution is 7.59. The van der Waals surface area contributed by atoms with Crippen molar-refractivity contribution in [2.45, 2.75) is 26.7 Å². The Morgan fingerprint density at radius 1 is 1.13 bits per heavy atom. The molecule has 8 heteroatoms. The first kappa shape index (κ1) is 19.6. The number of aryl methyl sites for hydroxylation is 1. The molecule has 3 aromatic heterocycles. The van der Waals surface area contributed by atoms with Gasteiger partial charge in [-0.1, -0.05) is 25.1 Å². The monoisotopic (exact) mass is 434 g/mol. The highest BCUT2D eigenvalue weighted by atomic mass is 32.1. The molecule has 158 valence electrons. The third-order valence-corrected chi connectivity index (χ3v) is 4.88. The second-order valence-corrected chi connectivity index (χ2v) is 7.10. The van der Waals surface area contributed by atoms with Crippen LogP contribution in [0.3, 0.4) is 0 Å². The van der Waals surface area contributed by atoms with Crippen molar-refractivity contribution in [1.29, 1.82) is 0 Å². The Labute approximate surface area is 190 Å². The van der Waals surface area contributed by atoms with Gasteiger partial charge in [-0.25, -0.2) is 19.9 Å². The first-order valence-electron chi connectivity index (χ1n) is 10.6. The van der Waals surface area contributed by atoms with E-state index in [0.717, 1.165) is 16.5 Å². The molecule has 0 unspecified atom stereocenters. The molecule has 0 saturated carbocycles. The van der Waals surface area contributed by atoms with Gasteiger partial charge in [0, 0.05) is 53.6 Å². The van der Waals surface area contributed by atoms with Gasteiger partial charge in [-0.2, -0.15) is 13.5 Å². The third kappa shape index (κ3) is 4.86. The number of hydrogen-bond donors (Lipinski definition) is 1. The fraction of sp³-hybridized carbons (Fsp3) is 0.217. The van der Waals surface area contributed by atoms with Crippen LogP contribution in [-0.4, -0.2) is 37.2 Å². The molecule has 0 amide bonds. The zero-order chi connectivity index (χ0) is 22.8. The van der Waals surface area contributed by atoms with Crippen LogP contribution in [0.4, 0.5) is 5.82 Å². The van der Waals surface area contributed by atoms with E-state index in [-0.39, 0.29) is 43.1 Å². The lowest BCUT2D eigenvalue weighted by molar-refractivity contribution is 0.101. The maximum absolute atomic E-state index is 12.0. The van der Waals surface area contributed by atoms with E-state index in [1.165, 1.54) is 6.33 Å². The summed E-state index contributed by atoms with van der Waals surface area (Å²) in [6.45, 7) is 5.84. The zero-order valence-electron chi connectivity index (χ0n) is 19.5. The van der Waals surface area contributed by atoms with Crippen molar-refractivity contribution in [3.05, 3.63) is 72.2 Å². The van der Waals surface area contributed by atoms with Gasteiger partial charge < -0.3 is 5.32 Å². The van der Waals surface area contributed by atoms with Gasteiger partial charge in [-0.15, -0.1) is 0 Å². The number of hydrogen-bond acceptors (Lipinski definition) is 7. The molecule has 1 atom stereocenters. The Balaban J connectivity index is 0.00000306. The second kappa shape index (κ2) is 9.61. The minimum Gasteiger partial charge on any atom is -0.369 e. The lowest BCUT2D eigenvalue weighted by Crippen LogP contribution is -2.12. The van der Waals surface area contributed by atoms with Gasteiger partial charge >= 0.3 is 0 Å². The van der Waals surface area contributed by atoms with Crippen LogP contribution in [0, 0.1) is 6.92 Å². The highest BCUT2D eigenvalue weighted by Crippen LogP contribution is 2.27. The second-order valence-electron chi connectivity index (χ2n) is 7.10. The molecule has 0 aliphatic carbocycles. The van der Waals surface area contributed by atoms with Gasteiger partial charge in [-0.05, 0) is 25.5 Å². The van der Waals surface area contributed by atoms with Crippen molar-refractivity contribution in [2.24, 2.45) is 0 Å². The molecule has 0 saturated heterocycles. The number of aromatic nitrogens is 5. The zero-order valence-corrected chi connectivity index (χ0v) is 18.5. The fourth-order valence-corrected chi connectivity index (χ4v) is 3.30. The summed E-state index contributed by atoms with van der Waals surface area (Å²) in [5, 5.41) is 4.14. The first-order chi connectivity index (χ1) is 15.3. The van der Waals surface area contributed by atoms with Crippen LogP contribution in [0.2, 0.25) is 0 Å². The van der Waals surface area contributed by atoms with Crippen LogP contribution in [0.15, 0.2) is 55.2 Å². The van der Waals surface area contributed by atoms with Crippen molar-refractivity contribution in [3.8, 4) is 11.3 Å². The van der Waals surface area contributed by atoms with E-state index in [4.69, 9.17) is 2.74 Å². The van der Waals surface area contributed by atoms with Gasteiger partial charge in [0.2, 0.25) is 0 Å². The van der Waals surface area contributed by atoms with Crippen LogP contribution < -0.4 is 5.32 Å². The number of nitrogens with zero attached hydrogens (tertiary/aromatic N) is 5. The topological polar surface area (TPSA) is 93.6 Å². The van der Waals surface area contributed by atoms with Crippen LogP contribution in [-0.2, 0) is 0 Å². The van der Waals surface area contributed by atoms with Gasteiger partial charge in [0.1, 0.15) is 18.0 Å². The van der Waals surface area contributed by atoms with Crippen LogP contribution in [0.1, 0.15) is 44.3 Å². The summed E-state index contributed by atoms with van der Waals surface area (Å²) in [7, 11) is 0. The smallest absolute Gasteiger partial charge is 0.160 e. The molecule has 31 heavy (non-hydrogen) atoms. The van der Waals surface area contributed by atoms with E-state index < -0.39 is 0 Å². The number of para-hydroxylation sites is 1. The Hall–Kier alpha value is -3.39. The molecule has 7 nitrogen and oxygen atoms in total. The molecule has 0 fully saturated rings. The number of anilines is 1. The molecule has 1 aromatic carbocycles. The van der Waals surface area contributed by atoms with E-state index in [9.17, 15) is 4.79 Å². The Morgan fingerprint density at radius 3 is 2.65 bits per heavy atom. The average molecular weight is 435 g/mol. The average Bonchev–Trinajstić information content (AvgIpc) is 2.76. The molecule has 3 heterocycles. The van der Waals surface area contributed by atoms with Gasteiger partial charge in [-0.3, -0.25) is 9.78 Å².